The summed E-state index contributed by atoms with van der Waals surface area (Å²) < 4.78 is 27.3. The van der Waals surface area contributed by atoms with Gasteiger partial charge >= 0.3 is 0 Å². The molecule has 0 amide bonds. The Labute approximate surface area is 125 Å². The molecule has 0 heterocycles. The first-order chi connectivity index (χ1) is 9.63. The van der Waals surface area contributed by atoms with Crippen LogP contribution < -0.4 is 5.32 Å². The third-order valence-corrected chi connectivity index (χ3v) is 4.45. The van der Waals surface area contributed by atoms with Gasteiger partial charge in [-0.05, 0) is 64.5 Å². The average Bonchev–Trinajstić information content (AvgIpc) is 2.38. The van der Waals surface area contributed by atoms with Crippen LogP contribution in [0.3, 0.4) is 0 Å². The number of hydrogen-bond donors (Lipinski definition) is 1. The van der Waals surface area contributed by atoms with Crippen LogP contribution >= 0.6 is 15.9 Å². The largest absolute Gasteiger partial charge is 0.379 e. The second kappa shape index (κ2) is 5.52. The fourth-order valence-electron chi connectivity index (χ4n) is 2.58. The lowest BCUT2D eigenvalue weighted by atomic mass is 9.76. The predicted molar refractivity (Wildman–Crippen MR) is 79.9 cm³/mol. The van der Waals surface area contributed by atoms with E-state index < -0.39 is 0 Å². The Morgan fingerprint density at radius 2 is 1.70 bits per heavy atom. The van der Waals surface area contributed by atoms with Crippen molar-refractivity contribution in [2.75, 3.05) is 5.32 Å². The van der Waals surface area contributed by atoms with Gasteiger partial charge in [0.1, 0.15) is 11.6 Å². The van der Waals surface area contributed by atoms with E-state index in [0.717, 1.165) is 22.9 Å². The highest BCUT2D eigenvalue weighted by Crippen LogP contribution is 2.39. The van der Waals surface area contributed by atoms with Crippen molar-refractivity contribution >= 4 is 21.6 Å². The minimum Gasteiger partial charge on any atom is -0.379 e. The molecule has 20 heavy (non-hydrogen) atoms. The van der Waals surface area contributed by atoms with Gasteiger partial charge in [0, 0.05) is 10.5 Å². The van der Waals surface area contributed by atoms with Crippen LogP contribution in [0.5, 0.6) is 0 Å². The van der Waals surface area contributed by atoms with Gasteiger partial charge in [0.15, 0.2) is 0 Å². The van der Waals surface area contributed by atoms with Gasteiger partial charge in [-0.2, -0.15) is 0 Å². The Hall–Kier alpha value is -1.42. The van der Waals surface area contributed by atoms with Crippen molar-refractivity contribution in [1.29, 1.82) is 0 Å². The first-order valence-corrected chi connectivity index (χ1v) is 7.39. The zero-order valence-electron chi connectivity index (χ0n) is 10.7. The maximum atomic E-state index is 13.7. The molecule has 2 aromatic rings. The molecule has 0 bridgehead atoms. The van der Waals surface area contributed by atoms with E-state index >= 15 is 0 Å². The Balaban J connectivity index is 1.62. The second-order valence-electron chi connectivity index (χ2n) is 5.16. The van der Waals surface area contributed by atoms with Crippen LogP contribution in [-0.4, -0.2) is 6.04 Å². The molecule has 1 nitrogen and oxygen atoms in total. The molecule has 0 aliphatic heterocycles. The predicted octanol–water partition coefficient (Wildman–Crippen LogP) is 5.09. The number of para-hydroxylation sites is 1. The van der Waals surface area contributed by atoms with Crippen molar-refractivity contribution in [3.05, 3.63) is 64.1 Å². The molecule has 0 radical (unpaired) electrons. The van der Waals surface area contributed by atoms with E-state index in [2.05, 4.69) is 21.2 Å². The van der Waals surface area contributed by atoms with Crippen molar-refractivity contribution in [2.45, 2.75) is 24.8 Å². The molecule has 0 spiro atoms. The standard InChI is InChI=1S/C16H14BrF2N/c17-14-2-1-3-15(19)16(14)20-13-8-11(9-13)10-4-6-12(18)7-5-10/h1-7,11,13,20H,8-9H2. The van der Waals surface area contributed by atoms with E-state index in [1.807, 2.05) is 18.2 Å². The summed E-state index contributed by atoms with van der Waals surface area (Å²) in [6, 6.07) is 11.8. The Morgan fingerprint density at radius 1 is 1.00 bits per heavy atom. The molecule has 3 rings (SSSR count). The van der Waals surface area contributed by atoms with Crippen LogP contribution in [0, 0.1) is 11.6 Å². The number of nitrogens with one attached hydrogen (secondary N) is 1. The van der Waals surface area contributed by atoms with Crippen molar-refractivity contribution in [1.82, 2.24) is 0 Å². The molecule has 1 N–H and O–H groups in total. The maximum Gasteiger partial charge on any atom is 0.147 e. The van der Waals surface area contributed by atoms with Gasteiger partial charge in [-0.3, -0.25) is 0 Å². The van der Waals surface area contributed by atoms with E-state index in [1.54, 1.807) is 6.07 Å². The Morgan fingerprint density at radius 3 is 2.35 bits per heavy atom. The lowest BCUT2D eigenvalue weighted by Gasteiger charge is -2.37. The van der Waals surface area contributed by atoms with Crippen molar-refractivity contribution in [2.24, 2.45) is 0 Å². The molecule has 0 aromatic heterocycles. The van der Waals surface area contributed by atoms with Crippen LogP contribution in [0.4, 0.5) is 14.5 Å². The van der Waals surface area contributed by atoms with Crippen LogP contribution in [0.1, 0.15) is 24.3 Å². The van der Waals surface area contributed by atoms with Crippen LogP contribution in [0.2, 0.25) is 0 Å². The van der Waals surface area contributed by atoms with Gasteiger partial charge in [-0.15, -0.1) is 0 Å². The van der Waals surface area contributed by atoms with E-state index in [0.29, 0.717) is 11.6 Å². The maximum absolute atomic E-state index is 13.7. The number of rotatable bonds is 3. The summed E-state index contributed by atoms with van der Waals surface area (Å²) in [7, 11) is 0. The molecule has 1 fully saturated rings. The Bertz CT molecular complexity index is 586. The topological polar surface area (TPSA) is 12.0 Å². The fourth-order valence-corrected chi connectivity index (χ4v) is 3.04. The molecule has 4 heteroatoms. The average molecular weight is 338 g/mol. The second-order valence-corrected chi connectivity index (χ2v) is 6.01. The quantitative estimate of drug-likeness (QED) is 0.822. The molecular weight excluding hydrogens is 324 g/mol. The summed E-state index contributed by atoms with van der Waals surface area (Å²) in [6.45, 7) is 0. The lowest BCUT2D eigenvalue weighted by Crippen LogP contribution is -2.34. The van der Waals surface area contributed by atoms with Gasteiger partial charge in [0.25, 0.3) is 0 Å². The van der Waals surface area contributed by atoms with E-state index in [9.17, 15) is 8.78 Å². The number of halogens is 3. The van der Waals surface area contributed by atoms with Gasteiger partial charge in [-0.25, -0.2) is 8.78 Å². The summed E-state index contributed by atoms with van der Waals surface area (Å²) >= 11 is 3.35. The summed E-state index contributed by atoms with van der Waals surface area (Å²) in [5.41, 5.74) is 1.67. The molecular formula is C16H14BrF2N. The molecule has 1 aliphatic carbocycles. The van der Waals surface area contributed by atoms with Crippen LogP contribution in [0.15, 0.2) is 46.9 Å². The highest BCUT2D eigenvalue weighted by atomic mass is 79.9. The van der Waals surface area contributed by atoms with E-state index in [4.69, 9.17) is 0 Å². The minimum absolute atomic E-state index is 0.210. The van der Waals surface area contributed by atoms with Gasteiger partial charge in [0.2, 0.25) is 0 Å². The molecule has 1 saturated carbocycles. The molecule has 0 saturated heterocycles. The summed E-state index contributed by atoms with van der Waals surface area (Å²) in [5, 5.41) is 3.23. The summed E-state index contributed by atoms with van der Waals surface area (Å²) in [4.78, 5) is 0. The van der Waals surface area contributed by atoms with Crippen LogP contribution in [-0.2, 0) is 0 Å². The zero-order chi connectivity index (χ0) is 14.1. The number of anilines is 1. The molecule has 0 atom stereocenters. The number of hydrogen-bond acceptors (Lipinski definition) is 1. The van der Waals surface area contributed by atoms with E-state index in [-0.39, 0.29) is 17.7 Å². The molecule has 0 unspecified atom stereocenters. The monoisotopic (exact) mass is 337 g/mol. The highest BCUT2D eigenvalue weighted by molar-refractivity contribution is 9.10. The summed E-state index contributed by atoms with van der Waals surface area (Å²) in [5.74, 6) is -0.0266. The SMILES string of the molecule is Fc1ccc(C2CC(Nc3c(F)cccc3Br)C2)cc1. The normalized spacial score (nSPS) is 21.4. The molecule has 1 aliphatic rings. The van der Waals surface area contributed by atoms with Gasteiger partial charge in [0.05, 0.1) is 5.69 Å². The first kappa shape index (κ1) is 13.6. The lowest BCUT2D eigenvalue weighted by molar-refractivity contribution is 0.372. The molecule has 2 aromatic carbocycles. The summed E-state index contributed by atoms with van der Waals surface area (Å²) in [6.07, 6.45) is 1.87. The molecule has 104 valence electrons. The smallest absolute Gasteiger partial charge is 0.147 e. The zero-order valence-corrected chi connectivity index (χ0v) is 12.3. The fraction of sp³-hybridized carbons (Fsp3) is 0.250. The third-order valence-electron chi connectivity index (χ3n) is 3.79. The Kier molecular flexibility index (Phi) is 3.74. The van der Waals surface area contributed by atoms with Gasteiger partial charge < -0.3 is 5.32 Å². The van der Waals surface area contributed by atoms with Gasteiger partial charge in [-0.1, -0.05) is 18.2 Å². The van der Waals surface area contributed by atoms with Crippen molar-refractivity contribution < 1.29 is 8.78 Å². The number of benzene rings is 2. The van der Waals surface area contributed by atoms with Crippen molar-refractivity contribution in [3.63, 3.8) is 0 Å². The third kappa shape index (κ3) is 2.70. The van der Waals surface area contributed by atoms with Crippen molar-refractivity contribution in [3.8, 4) is 0 Å². The first-order valence-electron chi connectivity index (χ1n) is 6.59. The van der Waals surface area contributed by atoms with E-state index in [1.165, 1.54) is 18.2 Å². The minimum atomic E-state index is -0.246. The van der Waals surface area contributed by atoms with Crippen LogP contribution in [0.25, 0.3) is 0 Å². The highest BCUT2D eigenvalue weighted by Gasteiger charge is 2.31.